The normalized spacial score (nSPS) is 21.7. The molecule has 4 heterocycles. The summed E-state index contributed by atoms with van der Waals surface area (Å²) >= 11 is 12.2. The lowest BCUT2D eigenvalue weighted by molar-refractivity contribution is -0.124. The Balaban J connectivity index is 1.53. The zero-order chi connectivity index (χ0) is 20.2. The first kappa shape index (κ1) is 18.1. The van der Waals surface area contributed by atoms with Crippen LogP contribution in [0.1, 0.15) is 12.8 Å². The molecule has 11 heteroatoms. The van der Waals surface area contributed by atoms with Gasteiger partial charge in [-0.05, 0) is 43.2 Å². The summed E-state index contributed by atoms with van der Waals surface area (Å²) in [6.45, 7) is 1.05. The minimum Gasteiger partial charge on any atom is -0.352 e. The Morgan fingerprint density at radius 1 is 1.07 bits per heavy atom. The monoisotopic (exact) mass is 431 g/mol. The molecule has 0 saturated carbocycles. The Kier molecular flexibility index (Phi) is 4.11. The van der Waals surface area contributed by atoms with Gasteiger partial charge in [-0.3, -0.25) is 10.1 Å². The fourth-order valence-corrected chi connectivity index (χ4v) is 4.40. The summed E-state index contributed by atoms with van der Waals surface area (Å²) in [5.41, 5.74) is 0.332. The highest BCUT2D eigenvalue weighted by Crippen LogP contribution is 2.29. The second kappa shape index (κ2) is 6.57. The van der Waals surface area contributed by atoms with Gasteiger partial charge in [-0.25, -0.2) is 4.79 Å². The SMILES string of the molecule is O=C1NC(=O)C2(CCCN(c3ccc4nnc(-c5cc(Cl)cc(Cl)c5)n4n3)C2)N1. The third-order valence-electron chi connectivity index (χ3n) is 5.20. The van der Waals surface area contributed by atoms with Gasteiger partial charge >= 0.3 is 6.03 Å². The van der Waals surface area contributed by atoms with Gasteiger partial charge in [-0.1, -0.05) is 23.2 Å². The number of nitrogens with zero attached hydrogens (tertiary/aromatic N) is 5. The number of hydrogen-bond acceptors (Lipinski definition) is 6. The number of urea groups is 1. The van der Waals surface area contributed by atoms with E-state index in [1.807, 2.05) is 11.0 Å². The quantitative estimate of drug-likeness (QED) is 0.603. The van der Waals surface area contributed by atoms with Crippen molar-refractivity contribution >= 4 is 46.6 Å². The van der Waals surface area contributed by atoms with E-state index in [1.165, 1.54) is 0 Å². The van der Waals surface area contributed by atoms with Crippen LogP contribution in [0.4, 0.5) is 10.6 Å². The van der Waals surface area contributed by atoms with Crippen LogP contribution in [0, 0.1) is 0 Å². The Labute approximate surface area is 175 Å². The van der Waals surface area contributed by atoms with E-state index in [2.05, 4.69) is 25.9 Å². The van der Waals surface area contributed by atoms with Crippen molar-refractivity contribution in [2.45, 2.75) is 18.4 Å². The molecule has 2 N–H and O–H groups in total. The van der Waals surface area contributed by atoms with Gasteiger partial charge in [0, 0.05) is 22.2 Å². The van der Waals surface area contributed by atoms with Gasteiger partial charge in [0.25, 0.3) is 5.91 Å². The molecular weight excluding hydrogens is 417 g/mol. The van der Waals surface area contributed by atoms with E-state index < -0.39 is 11.6 Å². The first-order chi connectivity index (χ1) is 13.9. The van der Waals surface area contributed by atoms with Crippen LogP contribution in [0.15, 0.2) is 30.3 Å². The fraction of sp³-hybridized carbons (Fsp3) is 0.278. The zero-order valence-corrected chi connectivity index (χ0v) is 16.5. The topological polar surface area (TPSA) is 105 Å². The molecule has 0 radical (unpaired) electrons. The summed E-state index contributed by atoms with van der Waals surface area (Å²) in [5, 5.41) is 19.1. The largest absolute Gasteiger partial charge is 0.352 e. The van der Waals surface area contributed by atoms with Crippen molar-refractivity contribution in [3.05, 3.63) is 40.4 Å². The Bertz CT molecular complexity index is 1140. The highest BCUT2D eigenvalue weighted by atomic mass is 35.5. The van der Waals surface area contributed by atoms with E-state index in [9.17, 15) is 9.59 Å². The maximum Gasteiger partial charge on any atom is 0.322 e. The molecule has 0 bridgehead atoms. The molecule has 2 aliphatic heterocycles. The number of fused-ring (bicyclic) bond motifs is 1. The predicted octanol–water partition coefficient (Wildman–Crippen LogP) is 2.28. The zero-order valence-electron chi connectivity index (χ0n) is 15.0. The van der Waals surface area contributed by atoms with Crippen LogP contribution in [0.2, 0.25) is 10.0 Å². The van der Waals surface area contributed by atoms with Gasteiger partial charge in [-0.2, -0.15) is 4.52 Å². The molecule has 29 heavy (non-hydrogen) atoms. The number of rotatable bonds is 2. The van der Waals surface area contributed by atoms with Crippen molar-refractivity contribution in [2.75, 3.05) is 18.0 Å². The van der Waals surface area contributed by atoms with Gasteiger partial charge in [0.05, 0.1) is 6.54 Å². The van der Waals surface area contributed by atoms with Crippen molar-refractivity contribution in [1.29, 1.82) is 0 Å². The maximum absolute atomic E-state index is 12.3. The predicted molar refractivity (Wildman–Crippen MR) is 107 cm³/mol. The molecule has 1 spiro atoms. The third-order valence-corrected chi connectivity index (χ3v) is 5.64. The number of imide groups is 1. The van der Waals surface area contributed by atoms with Gasteiger partial charge in [0.1, 0.15) is 11.4 Å². The molecule has 2 fully saturated rings. The lowest BCUT2D eigenvalue weighted by Crippen LogP contribution is -2.58. The summed E-state index contributed by atoms with van der Waals surface area (Å²) in [6, 6.07) is 8.30. The van der Waals surface area contributed by atoms with E-state index in [0.717, 1.165) is 6.42 Å². The van der Waals surface area contributed by atoms with Gasteiger partial charge in [0.2, 0.25) is 0 Å². The number of halogens is 2. The van der Waals surface area contributed by atoms with E-state index in [4.69, 9.17) is 23.2 Å². The first-order valence-corrected chi connectivity index (χ1v) is 9.77. The summed E-state index contributed by atoms with van der Waals surface area (Å²) in [4.78, 5) is 25.9. The highest BCUT2D eigenvalue weighted by Gasteiger charge is 2.49. The standard InChI is InChI=1S/C18H15Cl2N7O2/c19-11-6-10(7-12(20)8-11)15-24-23-13-2-3-14(25-27(13)15)26-5-1-4-18(9-26)16(28)21-17(29)22-18/h2-3,6-8H,1,4-5,9H2,(H2,21,22,28,29). The van der Waals surface area contributed by atoms with Gasteiger partial charge in [-0.15, -0.1) is 15.3 Å². The van der Waals surface area contributed by atoms with Crippen LogP contribution in [0.5, 0.6) is 0 Å². The number of benzene rings is 1. The summed E-state index contributed by atoms with van der Waals surface area (Å²) in [5.74, 6) is 0.858. The first-order valence-electron chi connectivity index (χ1n) is 9.01. The molecule has 3 amide bonds. The summed E-state index contributed by atoms with van der Waals surface area (Å²) in [7, 11) is 0. The van der Waals surface area contributed by atoms with Crippen molar-refractivity contribution in [3.63, 3.8) is 0 Å². The minimum atomic E-state index is -0.928. The van der Waals surface area contributed by atoms with E-state index in [1.54, 1.807) is 28.8 Å². The molecule has 2 aliphatic rings. The van der Waals surface area contributed by atoms with Crippen LogP contribution in [-0.2, 0) is 4.79 Å². The van der Waals surface area contributed by atoms with Crippen LogP contribution in [-0.4, -0.2) is 50.4 Å². The summed E-state index contributed by atoms with van der Waals surface area (Å²) in [6.07, 6.45) is 1.33. The van der Waals surface area contributed by atoms with Crippen molar-refractivity contribution in [2.24, 2.45) is 0 Å². The lowest BCUT2D eigenvalue weighted by atomic mass is 9.89. The molecule has 1 unspecified atom stereocenters. The third kappa shape index (κ3) is 3.06. The molecule has 2 saturated heterocycles. The maximum atomic E-state index is 12.3. The van der Waals surface area contributed by atoms with Crippen LogP contribution in [0.25, 0.3) is 17.0 Å². The average Bonchev–Trinajstić information content (AvgIpc) is 3.21. The number of hydrogen-bond donors (Lipinski definition) is 2. The number of amides is 3. The van der Waals surface area contributed by atoms with E-state index in [0.29, 0.717) is 52.4 Å². The van der Waals surface area contributed by atoms with Crippen LogP contribution < -0.4 is 15.5 Å². The Morgan fingerprint density at radius 2 is 1.86 bits per heavy atom. The van der Waals surface area contributed by atoms with E-state index in [-0.39, 0.29) is 5.91 Å². The molecule has 5 rings (SSSR count). The molecule has 148 valence electrons. The van der Waals surface area contributed by atoms with E-state index >= 15 is 0 Å². The molecule has 3 aromatic rings. The number of nitrogens with one attached hydrogen (secondary N) is 2. The lowest BCUT2D eigenvalue weighted by Gasteiger charge is -2.38. The number of carbonyl (C=O) groups is 2. The molecule has 1 atom stereocenters. The van der Waals surface area contributed by atoms with Crippen LogP contribution >= 0.6 is 23.2 Å². The summed E-state index contributed by atoms with van der Waals surface area (Å²) < 4.78 is 1.62. The fourth-order valence-electron chi connectivity index (χ4n) is 3.88. The number of piperidine rings is 1. The Hall–Kier alpha value is -2.91. The Morgan fingerprint density at radius 3 is 2.59 bits per heavy atom. The second-order valence-corrected chi connectivity index (χ2v) is 8.03. The smallest absolute Gasteiger partial charge is 0.322 e. The average molecular weight is 432 g/mol. The molecule has 0 aliphatic carbocycles. The van der Waals surface area contributed by atoms with Crippen molar-refractivity contribution < 1.29 is 9.59 Å². The number of anilines is 1. The van der Waals surface area contributed by atoms with Crippen molar-refractivity contribution in [3.8, 4) is 11.4 Å². The van der Waals surface area contributed by atoms with Crippen LogP contribution in [0.3, 0.4) is 0 Å². The van der Waals surface area contributed by atoms with Gasteiger partial charge < -0.3 is 10.2 Å². The molecule has 1 aromatic carbocycles. The van der Waals surface area contributed by atoms with Crippen molar-refractivity contribution in [1.82, 2.24) is 30.4 Å². The van der Waals surface area contributed by atoms with Gasteiger partial charge in [0.15, 0.2) is 11.5 Å². The number of carbonyl (C=O) groups excluding carboxylic acids is 2. The molecule has 9 nitrogen and oxygen atoms in total. The highest BCUT2D eigenvalue weighted by molar-refractivity contribution is 6.35. The number of aromatic nitrogens is 4. The second-order valence-electron chi connectivity index (χ2n) is 7.16. The molecule has 2 aromatic heterocycles. The molecular formula is C18H15Cl2N7O2. The minimum absolute atomic E-state index is 0.299.